The summed E-state index contributed by atoms with van der Waals surface area (Å²) in [5, 5.41) is 3.35. The normalized spacial score (nSPS) is 10.2. The Bertz CT molecular complexity index is 570. The molecular weight excluding hydrogens is 252 g/mol. The minimum atomic E-state index is 0.597. The van der Waals surface area contributed by atoms with Crippen LogP contribution in [0, 0.1) is 6.92 Å². The lowest BCUT2D eigenvalue weighted by Gasteiger charge is -2.13. The van der Waals surface area contributed by atoms with Gasteiger partial charge in [-0.05, 0) is 32.0 Å². The number of hydrogen-bond acceptors (Lipinski definition) is 4. The van der Waals surface area contributed by atoms with Crippen LogP contribution in [-0.2, 0) is 6.54 Å². The third-order valence-electron chi connectivity index (χ3n) is 2.96. The van der Waals surface area contributed by atoms with Gasteiger partial charge in [-0.25, -0.2) is 4.98 Å². The van der Waals surface area contributed by atoms with Crippen LogP contribution in [0.3, 0.4) is 0 Å². The zero-order valence-corrected chi connectivity index (χ0v) is 12.1. The van der Waals surface area contributed by atoms with E-state index < -0.39 is 0 Å². The van der Waals surface area contributed by atoms with Crippen molar-refractivity contribution in [2.75, 3.05) is 19.0 Å². The zero-order valence-electron chi connectivity index (χ0n) is 12.1. The second-order valence-electron chi connectivity index (χ2n) is 4.46. The molecule has 0 saturated carbocycles. The summed E-state index contributed by atoms with van der Waals surface area (Å²) in [6.45, 7) is 5.27. The quantitative estimate of drug-likeness (QED) is 0.875. The van der Waals surface area contributed by atoms with Gasteiger partial charge < -0.3 is 14.8 Å². The molecule has 2 aromatic rings. The second-order valence-corrected chi connectivity index (χ2v) is 4.46. The fourth-order valence-electron chi connectivity index (χ4n) is 2.01. The van der Waals surface area contributed by atoms with Crippen LogP contribution < -0.4 is 14.8 Å². The van der Waals surface area contributed by atoms with Gasteiger partial charge in [-0.2, -0.15) is 0 Å². The van der Waals surface area contributed by atoms with E-state index in [2.05, 4.69) is 23.3 Å². The number of anilines is 1. The monoisotopic (exact) mass is 272 g/mol. The highest BCUT2D eigenvalue weighted by Gasteiger charge is 2.06. The van der Waals surface area contributed by atoms with Gasteiger partial charge in [-0.15, -0.1) is 0 Å². The number of nitrogens with one attached hydrogen (secondary N) is 1. The van der Waals surface area contributed by atoms with E-state index in [9.17, 15) is 0 Å². The Morgan fingerprint density at radius 3 is 2.85 bits per heavy atom. The molecule has 1 aromatic heterocycles. The lowest BCUT2D eigenvalue weighted by Crippen LogP contribution is -2.05. The molecule has 0 aliphatic carbocycles. The number of aryl methyl sites for hydroxylation is 1. The SMILES string of the molecule is CCOc1ncccc1NCc1cc(C)ccc1OC. The first-order valence-corrected chi connectivity index (χ1v) is 6.69. The molecule has 20 heavy (non-hydrogen) atoms. The van der Waals surface area contributed by atoms with Gasteiger partial charge in [0, 0.05) is 18.3 Å². The second kappa shape index (κ2) is 6.80. The maximum atomic E-state index is 5.50. The fraction of sp³-hybridized carbons (Fsp3) is 0.312. The summed E-state index contributed by atoms with van der Waals surface area (Å²) in [6.07, 6.45) is 1.73. The summed E-state index contributed by atoms with van der Waals surface area (Å²) in [7, 11) is 1.68. The molecule has 1 aromatic carbocycles. The highest BCUT2D eigenvalue weighted by Crippen LogP contribution is 2.24. The number of benzene rings is 1. The molecule has 1 N–H and O–H groups in total. The maximum Gasteiger partial charge on any atom is 0.237 e. The molecule has 0 radical (unpaired) electrons. The predicted octanol–water partition coefficient (Wildman–Crippen LogP) is 3.41. The molecule has 0 aliphatic rings. The van der Waals surface area contributed by atoms with Crippen LogP contribution in [0.5, 0.6) is 11.6 Å². The molecule has 0 atom stereocenters. The van der Waals surface area contributed by atoms with Crippen molar-refractivity contribution < 1.29 is 9.47 Å². The van der Waals surface area contributed by atoms with Crippen LogP contribution >= 0.6 is 0 Å². The summed E-state index contributed by atoms with van der Waals surface area (Å²) >= 11 is 0. The molecule has 0 spiro atoms. The fourth-order valence-corrected chi connectivity index (χ4v) is 2.01. The first-order chi connectivity index (χ1) is 9.74. The van der Waals surface area contributed by atoms with Gasteiger partial charge in [-0.3, -0.25) is 0 Å². The number of pyridine rings is 1. The predicted molar refractivity (Wildman–Crippen MR) is 80.5 cm³/mol. The topological polar surface area (TPSA) is 43.4 Å². The lowest BCUT2D eigenvalue weighted by molar-refractivity contribution is 0.328. The van der Waals surface area contributed by atoms with E-state index in [4.69, 9.17) is 9.47 Å². The third-order valence-corrected chi connectivity index (χ3v) is 2.96. The van der Waals surface area contributed by atoms with Crippen molar-refractivity contribution in [3.05, 3.63) is 47.7 Å². The van der Waals surface area contributed by atoms with Gasteiger partial charge >= 0.3 is 0 Å². The number of hydrogen-bond donors (Lipinski definition) is 1. The molecule has 2 rings (SSSR count). The van der Waals surface area contributed by atoms with Crippen LogP contribution in [0.1, 0.15) is 18.1 Å². The molecule has 0 bridgehead atoms. The van der Waals surface area contributed by atoms with Crippen molar-refractivity contribution in [1.82, 2.24) is 4.98 Å². The molecule has 0 amide bonds. The molecule has 0 aliphatic heterocycles. The van der Waals surface area contributed by atoms with Crippen LogP contribution in [-0.4, -0.2) is 18.7 Å². The van der Waals surface area contributed by atoms with Crippen molar-refractivity contribution >= 4 is 5.69 Å². The number of ether oxygens (including phenoxy) is 2. The molecule has 0 saturated heterocycles. The van der Waals surface area contributed by atoms with E-state index in [1.165, 1.54) is 5.56 Å². The summed E-state index contributed by atoms with van der Waals surface area (Å²) in [4.78, 5) is 4.22. The van der Waals surface area contributed by atoms with Gasteiger partial charge in [0.2, 0.25) is 5.88 Å². The summed E-state index contributed by atoms with van der Waals surface area (Å²) in [5.41, 5.74) is 3.20. The Balaban J connectivity index is 2.14. The smallest absolute Gasteiger partial charge is 0.237 e. The Morgan fingerprint density at radius 1 is 1.25 bits per heavy atom. The van der Waals surface area contributed by atoms with Crippen molar-refractivity contribution in [1.29, 1.82) is 0 Å². The summed E-state index contributed by atoms with van der Waals surface area (Å²) < 4.78 is 10.9. The number of aromatic nitrogens is 1. The van der Waals surface area contributed by atoms with E-state index in [0.717, 1.165) is 17.0 Å². The first-order valence-electron chi connectivity index (χ1n) is 6.69. The summed E-state index contributed by atoms with van der Waals surface area (Å²) in [6, 6.07) is 9.98. The first kappa shape index (κ1) is 14.2. The Kier molecular flexibility index (Phi) is 4.82. The van der Waals surface area contributed by atoms with Crippen LogP contribution in [0.15, 0.2) is 36.5 Å². The Hall–Kier alpha value is -2.23. The van der Waals surface area contributed by atoms with Gasteiger partial charge in [0.1, 0.15) is 5.75 Å². The highest BCUT2D eigenvalue weighted by molar-refractivity contribution is 5.53. The van der Waals surface area contributed by atoms with E-state index in [1.54, 1.807) is 13.3 Å². The molecule has 0 unspecified atom stereocenters. The van der Waals surface area contributed by atoms with Crippen molar-refractivity contribution in [3.63, 3.8) is 0 Å². The number of rotatable bonds is 6. The largest absolute Gasteiger partial charge is 0.496 e. The average Bonchev–Trinajstić information content (AvgIpc) is 2.47. The Morgan fingerprint density at radius 2 is 2.10 bits per heavy atom. The van der Waals surface area contributed by atoms with Gasteiger partial charge in [0.25, 0.3) is 0 Å². The minimum Gasteiger partial charge on any atom is -0.496 e. The van der Waals surface area contributed by atoms with Crippen molar-refractivity contribution in [3.8, 4) is 11.6 Å². The number of nitrogens with zero attached hydrogens (tertiary/aromatic N) is 1. The van der Waals surface area contributed by atoms with Crippen molar-refractivity contribution in [2.45, 2.75) is 20.4 Å². The van der Waals surface area contributed by atoms with E-state index >= 15 is 0 Å². The minimum absolute atomic E-state index is 0.597. The molecule has 106 valence electrons. The standard InChI is InChI=1S/C16H20N2O2/c1-4-20-16-14(6-5-9-17-16)18-11-13-10-12(2)7-8-15(13)19-3/h5-10,18H,4,11H2,1-3H3. The van der Waals surface area contributed by atoms with Gasteiger partial charge in [-0.1, -0.05) is 17.7 Å². The van der Waals surface area contributed by atoms with Crippen LogP contribution in [0.25, 0.3) is 0 Å². The zero-order chi connectivity index (χ0) is 14.4. The molecule has 1 heterocycles. The molecule has 4 heteroatoms. The highest BCUT2D eigenvalue weighted by atomic mass is 16.5. The van der Waals surface area contributed by atoms with Gasteiger partial charge in [0.15, 0.2) is 0 Å². The maximum absolute atomic E-state index is 5.50. The lowest BCUT2D eigenvalue weighted by atomic mass is 10.1. The van der Waals surface area contributed by atoms with Crippen LogP contribution in [0.2, 0.25) is 0 Å². The molecular formula is C16H20N2O2. The Labute approximate surface area is 119 Å². The van der Waals surface area contributed by atoms with Crippen LogP contribution in [0.4, 0.5) is 5.69 Å². The third kappa shape index (κ3) is 3.41. The van der Waals surface area contributed by atoms with Crippen molar-refractivity contribution in [2.24, 2.45) is 0 Å². The van der Waals surface area contributed by atoms with Gasteiger partial charge in [0.05, 0.1) is 19.4 Å². The number of methoxy groups -OCH3 is 1. The summed E-state index contributed by atoms with van der Waals surface area (Å²) in [5.74, 6) is 1.51. The van der Waals surface area contributed by atoms with E-state index in [-0.39, 0.29) is 0 Å². The molecule has 4 nitrogen and oxygen atoms in total. The average molecular weight is 272 g/mol. The van der Waals surface area contributed by atoms with E-state index in [1.807, 2.05) is 31.2 Å². The molecule has 0 fully saturated rings. The van der Waals surface area contributed by atoms with E-state index in [0.29, 0.717) is 19.0 Å².